The fraction of sp³-hybridized carbons (Fsp3) is 0.500. The summed E-state index contributed by atoms with van der Waals surface area (Å²) in [6.45, 7) is 6.63. The van der Waals surface area contributed by atoms with Crippen LogP contribution in [-0.2, 0) is 24.1 Å². The van der Waals surface area contributed by atoms with Crippen LogP contribution in [0.25, 0.3) is 0 Å². The normalized spacial score (nSPS) is 25.0. The van der Waals surface area contributed by atoms with E-state index >= 15 is 0 Å². The van der Waals surface area contributed by atoms with Crippen molar-refractivity contribution in [2.45, 2.75) is 57.5 Å². The van der Waals surface area contributed by atoms with Crippen LogP contribution in [0.5, 0.6) is 5.75 Å². The van der Waals surface area contributed by atoms with E-state index in [0.29, 0.717) is 29.5 Å². The quantitative estimate of drug-likeness (QED) is 0.528. The number of methoxy groups -OCH3 is 1. The Kier molecular flexibility index (Phi) is 7.83. The predicted octanol–water partition coefficient (Wildman–Crippen LogP) is 5.91. The van der Waals surface area contributed by atoms with Gasteiger partial charge in [-0.15, -0.1) is 0 Å². The van der Waals surface area contributed by atoms with Gasteiger partial charge in [-0.05, 0) is 123 Å². The summed E-state index contributed by atoms with van der Waals surface area (Å²) in [6, 6.07) is 15.7. The van der Waals surface area contributed by atoms with E-state index in [1.807, 2.05) is 12.1 Å². The van der Waals surface area contributed by atoms with Gasteiger partial charge in [0.05, 0.1) is 7.11 Å². The number of hydrogen-bond acceptors (Lipinski definition) is 4. The van der Waals surface area contributed by atoms with Gasteiger partial charge in [-0.2, -0.15) is 0 Å². The number of likely N-dealkylation sites (N-methyl/N-ethyl adjacent to an activating group) is 1. The highest BCUT2D eigenvalue weighted by atomic mass is 16.5. The number of piperidine rings is 1. The number of benzene rings is 2. The van der Waals surface area contributed by atoms with Crippen molar-refractivity contribution < 1.29 is 9.84 Å². The fourth-order valence-corrected chi connectivity index (χ4v) is 6.57. The van der Waals surface area contributed by atoms with Crippen molar-refractivity contribution in [3.63, 3.8) is 0 Å². The standard InChI is InChI=1S/C32H42N2O2/c1-4-34(22-23-5-7-24(8-6-23)25-15-17-33(2)18-16-25)32-21-30(36-3)13-14-31(32)28-10-9-27-20-29(35)12-11-26(27)19-28/h5-8,11-14,20-21,25,28,31-32,35H,4,9-10,15-19,22H2,1-3H3/t28-,31?,32?/m1/s1. The lowest BCUT2D eigenvalue weighted by Gasteiger charge is -2.41. The second-order valence-electron chi connectivity index (χ2n) is 11.0. The van der Waals surface area contributed by atoms with Crippen LogP contribution in [0.1, 0.15) is 54.4 Å². The van der Waals surface area contributed by atoms with Crippen LogP contribution in [0.4, 0.5) is 0 Å². The first-order valence-electron chi connectivity index (χ1n) is 13.8. The highest BCUT2D eigenvalue weighted by Gasteiger charge is 2.34. The molecule has 3 atom stereocenters. The summed E-state index contributed by atoms with van der Waals surface area (Å²) in [4.78, 5) is 5.06. The monoisotopic (exact) mass is 486 g/mol. The molecule has 1 heterocycles. The van der Waals surface area contributed by atoms with Crippen LogP contribution in [0.15, 0.2) is 66.5 Å². The maximum absolute atomic E-state index is 9.91. The molecule has 5 rings (SSSR count). The summed E-state index contributed by atoms with van der Waals surface area (Å²) in [5.74, 6) is 3.08. The number of aromatic hydroxyl groups is 1. The Morgan fingerprint density at radius 1 is 1.03 bits per heavy atom. The van der Waals surface area contributed by atoms with Gasteiger partial charge < -0.3 is 14.7 Å². The largest absolute Gasteiger partial charge is 0.508 e. The molecule has 1 aliphatic heterocycles. The molecule has 0 bridgehead atoms. The molecule has 192 valence electrons. The number of hydrogen-bond donors (Lipinski definition) is 1. The van der Waals surface area contributed by atoms with Crippen molar-refractivity contribution in [3.05, 3.63) is 88.7 Å². The van der Waals surface area contributed by atoms with Gasteiger partial charge in [0.2, 0.25) is 0 Å². The van der Waals surface area contributed by atoms with Crippen LogP contribution >= 0.6 is 0 Å². The number of fused-ring (bicyclic) bond motifs is 1. The minimum atomic E-state index is 0.312. The zero-order chi connectivity index (χ0) is 25.1. The molecule has 0 saturated carbocycles. The molecule has 2 unspecified atom stereocenters. The van der Waals surface area contributed by atoms with Gasteiger partial charge in [0.15, 0.2) is 0 Å². The van der Waals surface area contributed by atoms with Crippen molar-refractivity contribution in [2.75, 3.05) is 33.8 Å². The van der Waals surface area contributed by atoms with Gasteiger partial charge in [-0.1, -0.05) is 43.3 Å². The van der Waals surface area contributed by atoms with E-state index in [2.05, 4.69) is 72.3 Å². The molecule has 2 aromatic rings. The number of rotatable bonds is 7. The van der Waals surface area contributed by atoms with E-state index in [9.17, 15) is 5.11 Å². The molecule has 1 fully saturated rings. The SMILES string of the molecule is CCN(Cc1ccc(C2CCN(C)CC2)cc1)C1C=C(OC)C=CC1[C@@H]1CCc2cc(O)ccc2C1. The Bertz CT molecular complexity index is 1080. The highest BCUT2D eigenvalue weighted by molar-refractivity contribution is 5.37. The molecule has 0 amide bonds. The minimum absolute atomic E-state index is 0.312. The molecule has 36 heavy (non-hydrogen) atoms. The van der Waals surface area contributed by atoms with Crippen molar-refractivity contribution in [1.82, 2.24) is 9.80 Å². The zero-order valence-electron chi connectivity index (χ0n) is 22.2. The molecule has 1 N–H and O–H groups in total. The molecule has 0 spiro atoms. The lowest BCUT2D eigenvalue weighted by atomic mass is 9.72. The fourth-order valence-electron chi connectivity index (χ4n) is 6.57. The summed E-state index contributed by atoms with van der Waals surface area (Å²) in [7, 11) is 4.00. The average molecular weight is 487 g/mol. The molecular formula is C32H42N2O2. The highest BCUT2D eigenvalue weighted by Crippen LogP contribution is 2.38. The Hall–Kier alpha value is -2.56. The van der Waals surface area contributed by atoms with Crippen molar-refractivity contribution in [2.24, 2.45) is 11.8 Å². The van der Waals surface area contributed by atoms with E-state index in [0.717, 1.165) is 38.1 Å². The van der Waals surface area contributed by atoms with Crippen LogP contribution in [0, 0.1) is 11.8 Å². The lowest BCUT2D eigenvalue weighted by Crippen LogP contribution is -2.43. The first-order chi connectivity index (χ1) is 17.5. The van der Waals surface area contributed by atoms with Crippen molar-refractivity contribution in [1.29, 1.82) is 0 Å². The van der Waals surface area contributed by atoms with Crippen LogP contribution in [-0.4, -0.2) is 54.7 Å². The first kappa shape index (κ1) is 25.1. The molecule has 3 aliphatic rings. The average Bonchev–Trinajstić information content (AvgIpc) is 2.92. The molecule has 1 saturated heterocycles. The third-order valence-electron chi connectivity index (χ3n) is 8.83. The van der Waals surface area contributed by atoms with Gasteiger partial charge in [0, 0.05) is 12.6 Å². The van der Waals surface area contributed by atoms with Crippen LogP contribution < -0.4 is 0 Å². The molecule has 4 nitrogen and oxygen atoms in total. The summed E-state index contributed by atoms with van der Waals surface area (Å²) < 4.78 is 5.68. The Labute approximate surface area is 217 Å². The summed E-state index contributed by atoms with van der Waals surface area (Å²) in [6.07, 6.45) is 12.7. The molecule has 0 radical (unpaired) electrons. The summed E-state index contributed by atoms with van der Waals surface area (Å²) in [5.41, 5.74) is 5.60. The molecular weight excluding hydrogens is 444 g/mol. The van der Waals surface area contributed by atoms with Gasteiger partial charge in [0.25, 0.3) is 0 Å². The summed E-state index contributed by atoms with van der Waals surface area (Å²) >= 11 is 0. The Morgan fingerprint density at radius 2 is 1.81 bits per heavy atom. The van der Waals surface area contributed by atoms with E-state index in [-0.39, 0.29) is 0 Å². The molecule has 4 heteroatoms. The van der Waals surface area contributed by atoms with Gasteiger partial charge in [-0.25, -0.2) is 0 Å². The van der Waals surface area contributed by atoms with Gasteiger partial charge in [0.1, 0.15) is 11.5 Å². The van der Waals surface area contributed by atoms with E-state index < -0.39 is 0 Å². The zero-order valence-corrected chi connectivity index (χ0v) is 22.2. The Balaban J connectivity index is 1.31. The van der Waals surface area contributed by atoms with E-state index in [1.54, 1.807) is 7.11 Å². The molecule has 0 aromatic heterocycles. The molecule has 2 aliphatic carbocycles. The van der Waals surface area contributed by atoms with Crippen molar-refractivity contribution in [3.8, 4) is 5.75 Å². The van der Waals surface area contributed by atoms with Crippen LogP contribution in [0.3, 0.4) is 0 Å². The van der Waals surface area contributed by atoms with Crippen molar-refractivity contribution >= 4 is 0 Å². The third-order valence-corrected chi connectivity index (χ3v) is 8.83. The number of allylic oxidation sites excluding steroid dienone is 1. The van der Waals surface area contributed by atoms with Gasteiger partial charge in [-0.3, -0.25) is 4.90 Å². The first-order valence-corrected chi connectivity index (χ1v) is 13.8. The second kappa shape index (κ2) is 11.2. The lowest BCUT2D eigenvalue weighted by molar-refractivity contribution is 0.147. The third kappa shape index (κ3) is 5.55. The molecule has 2 aromatic carbocycles. The van der Waals surface area contributed by atoms with Gasteiger partial charge >= 0.3 is 0 Å². The number of nitrogens with zero attached hydrogens (tertiary/aromatic N) is 2. The number of aryl methyl sites for hydroxylation is 1. The van der Waals surface area contributed by atoms with E-state index in [4.69, 9.17) is 4.74 Å². The maximum Gasteiger partial charge on any atom is 0.116 e. The Morgan fingerprint density at radius 3 is 2.53 bits per heavy atom. The number of ether oxygens (including phenoxy) is 1. The smallest absolute Gasteiger partial charge is 0.116 e. The van der Waals surface area contributed by atoms with Crippen LogP contribution in [0.2, 0.25) is 0 Å². The number of likely N-dealkylation sites (tertiary alicyclic amines) is 1. The summed E-state index contributed by atoms with van der Waals surface area (Å²) in [5, 5.41) is 9.91. The number of phenolic OH excluding ortho intramolecular Hbond substituents is 1. The minimum Gasteiger partial charge on any atom is -0.508 e. The number of phenols is 1. The topological polar surface area (TPSA) is 35.9 Å². The van der Waals surface area contributed by atoms with E-state index in [1.165, 1.54) is 48.2 Å². The predicted molar refractivity (Wildman–Crippen MR) is 147 cm³/mol. The maximum atomic E-state index is 9.91. The second-order valence-corrected chi connectivity index (χ2v) is 11.0.